The van der Waals surface area contributed by atoms with Gasteiger partial charge in [0.2, 0.25) is 0 Å². The fraction of sp³-hybridized carbons (Fsp3) is 0.529. The van der Waals surface area contributed by atoms with Crippen molar-refractivity contribution in [3.8, 4) is 0 Å². The summed E-state index contributed by atoms with van der Waals surface area (Å²) in [5.74, 6) is 1.92. The molecule has 0 aromatic heterocycles. The van der Waals surface area contributed by atoms with Crippen molar-refractivity contribution in [3.63, 3.8) is 0 Å². The molecule has 106 valence electrons. The minimum absolute atomic E-state index is 0.389. The van der Waals surface area contributed by atoms with E-state index in [1.165, 1.54) is 12.0 Å². The number of hydrogen-bond acceptors (Lipinski definition) is 2. The van der Waals surface area contributed by atoms with E-state index in [-0.39, 0.29) is 0 Å². The fourth-order valence-electron chi connectivity index (χ4n) is 2.40. The number of benzene rings is 1. The van der Waals surface area contributed by atoms with E-state index in [4.69, 9.17) is 0 Å². The highest BCUT2D eigenvalue weighted by Crippen LogP contribution is 2.17. The molecule has 0 saturated carbocycles. The van der Waals surface area contributed by atoms with Gasteiger partial charge in [-0.3, -0.25) is 0 Å². The van der Waals surface area contributed by atoms with Crippen molar-refractivity contribution < 1.29 is 0 Å². The average molecular weight is 277 g/mol. The molecule has 2 atom stereocenters. The summed E-state index contributed by atoms with van der Waals surface area (Å²) in [6.45, 7) is 10.9. The lowest BCUT2D eigenvalue weighted by molar-refractivity contribution is 0.451. The highest BCUT2D eigenvalue weighted by atomic mass is 32.1. The molecule has 0 heterocycles. The Bertz CT molecular complexity index is 372. The molecule has 2 heteroatoms. The van der Waals surface area contributed by atoms with Gasteiger partial charge in [0.15, 0.2) is 0 Å². The first-order valence-corrected chi connectivity index (χ1v) is 7.76. The van der Waals surface area contributed by atoms with Gasteiger partial charge in [0.1, 0.15) is 0 Å². The summed E-state index contributed by atoms with van der Waals surface area (Å²) in [6.07, 6.45) is 2.17. The van der Waals surface area contributed by atoms with Crippen LogP contribution in [-0.4, -0.2) is 11.8 Å². The van der Waals surface area contributed by atoms with E-state index in [9.17, 15) is 0 Å². The Morgan fingerprint density at radius 1 is 1.21 bits per heavy atom. The molecule has 0 saturated heterocycles. The third-order valence-corrected chi connectivity index (χ3v) is 3.74. The van der Waals surface area contributed by atoms with Crippen molar-refractivity contribution >= 4 is 12.6 Å². The van der Waals surface area contributed by atoms with Gasteiger partial charge in [0.25, 0.3) is 0 Å². The number of allylic oxidation sites excluding steroid dienone is 1. The first-order chi connectivity index (χ1) is 9.02. The van der Waals surface area contributed by atoms with Crippen LogP contribution in [0.2, 0.25) is 0 Å². The van der Waals surface area contributed by atoms with Crippen molar-refractivity contribution in [1.29, 1.82) is 0 Å². The van der Waals surface area contributed by atoms with Gasteiger partial charge in [-0.1, -0.05) is 50.8 Å². The van der Waals surface area contributed by atoms with Crippen LogP contribution in [0.1, 0.15) is 32.8 Å². The van der Waals surface area contributed by atoms with Crippen LogP contribution in [0.5, 0.6) is 0 Å². The molecular weight excluding hydrogens is 250 g/mol. The monoisotopic (exact) mass is 277 g/mol. The minimum atomic E-state index is 0.389. The maximum absolute atomic E-state index is 4.48. The summed E-state index contributed by atoms with van der Waals surface area (Å²) in [5, 5.41) is 3.54. The first-order valence-electron chi connectivity index (χ1n) is 7.13. The predicted molar refractivity (Wildman–Crippen MR) is 88.7 cm³/mol. The zero-order valence-electron chi connectivity index (χ0n) is 12.4. The Hall–Kier alpha value is -0.890. The van der Waals surface area contributed by atoms with Crippen molar-refractivity contribution in [1.82, 2.24) is 5.32 Å². The van der Waals surface area contributed by atoms with E-state index in [1.807, 2.05) is 0 Å². The lowest BCUT2D eigenvalue weighted by atomic mass is 9.97. The van der Waals surface area contributed by atoms with E-state index in [2.05, 4.69) is 75.6 Å². The summed E-state index contributed by atoms with van der Waals surface area (Å²) in [5.41, 5.74) is 2.47. The van der Waals surface area contributed by atoms with Crippen LogP contribution in [0.3, 0.4) is 0 Å². The van der Waals surface area contributed by atoms with Crippen LogP contribution in [0.4, 0.5) is 0 Å². The molecule has 0 bridgehead atoms. The number of thiol groups is 1. The Labute approximate surface area is 123 Å². The molecule has 0 fully saturated rings. The molecule has 0 spiro atoms. The van der Waals surface area contributed by atoms with Crippen molar-refractivity contribution in [2.45, 2.75) is 39.7 Å². The molecule has 1 aromatic carbocycles. The second kappa shape index (κ2) is 8.31. The molecule has 2 unspecified atom stereocenters. The van der Waals surface area contributed by atoms with Gasteiger partial charge < -0.3 is 5.32 Å². The van der Waals surface area contributed by atoms with Crippen molar-refractivity contribution in [2.24, 2.45) is 11.8 Å². The molecule has 0 aliphatic carbocycles. The SMILES string of the molecule is C=C(NC(C)CC(C)C)C(CS)Cc1ccccc1. The third-order valence-electron chi connectivity index (χ3n) is 3.29. The van der Waals surface area contributed by atoms with E-state index in [0.717, 1.165) is 17.9 Å². The summed E-state index contributed by atoms with van der Waals surface area (Å²) in [4.78, 5) is 0. The third kappa shape index (κ3) is 6.20. The number of rotatable bonds is 8. The molecule has 0 aliphatic rings. The van der Waals surface area contributed by atoms with Crippen LogP contribution in [0.15, 0.2) is 42.6 Å². The quantitative estimate of drug-likeness (QED) is 0.675. The lowest BCUT2D eigenvalue weighted by Crippen LogP contribution is -2.31. The van der Waals surface area contributed by atoms with E-state index < -0.39 is 0 Å². The van der Waals surface area contributed by atoms with Crippen LogP contribution in [0, 0.1) is 11.8 Å². The topological polar surface area (TPSA) is 12.0 Å². The molecule has 1 nitrogen and oxygen atoms in total. The molecular formula is C17H27NS. The first kappa shape index (κ1) is 16.2. The Balaban J connectivity index is 2.52. The zero-order chi connectivity index (χ0) is 14.3. The average Bonchev–Trinajstić information content (AvgIpc) is 2.35. The molecule has 19 heavy (non-hydrogen) atoms. The standard InChI is InChI=1S/C17H27NS/c1-13(2)10-14(3)18-15(4)17(12-19)11-16-8-6-5-7-9-16/h5-9,13-14,17-19H,4,10-12H2,1-3H3. The van der Waals surface area contributed by atoms with Gasteiger partial charge in [-0.2, -0.15) is 12.6 Å². The fourth-order valence-corrected chi connectivity index (χ4v) is 2.75. The van der Waals surface area contributed by atoms with Gasteiger partial charge >= 0.3 is 0 Å². The van der Waals surface area contributed by atoms with Gasteiger partial charge in [0.05, 0.1) is 0 Å². The van der Waals surface area contributed by atoms with Crippen LogP contribution in [0.25, 0.3) is 0 Å². The van der Waals surface area contributed by atoms with Crippen LogP contribution in [-0.2, 0) is 6.42 Å². The number of nitrogens with one attached hydrogen (secondary N) is 1. The largest absolute Gasteiger partial charge is 0.386 e. The van der Waals surface area contributed by atoms with E-state index in [1.54, 1.807) is 0 Å². The Morgan fingerprint density at radius 2 is 1.84 bits per heavy atom. The smallest absolute Gasteiger partial charge is 0.0232 e. The Kier molecular flexibility index (Phi) is 7.07. The summed E-state index contributed by atoms with van der Waals surface area (Å²) < 4.78 is 0. The zero-order valence-corrected chi connectivity index (χ0v) is 13.3. The summed E-state index contributed by atoms with van der Waals surface area (Å²) >= 11 is 4.48. The number of hydrogen-bond donors (Lipinski definition) is 2. The minimum Gasteiger partial charge on any atom is -0.386 e. The molecule has 1 N–H and O–H groups in total. The normalized spacial score (nSPS) is 14.2. The molecule has 0 radical (unpaired) electrons. The van der Waals surface area contributed by atoms with Crippen molar-refractivity contribution in [2.75, 3.05) is 5.75 Å². The maximum atomic E-state index is 4.48. The summed E-state index contributed by atoms with van der Waals surface area (Å²) in [7, 11) is 0. The maximum Gasteiger partial charge on any atom is 0.0232 e. The van der Waals surface area contributed by atoms with Crippen LogP contribution >= 0.6 is 12.6 Å². The van der Waals surface area contributed by atoms with Gasteiger partial charge in [-0.25, -0.2) is 0 Å². The highest BCUT2D eigenvalue weighted by molar-refractivity contribution is 7.80. The Morgan fingerprint density at radius 3 is 2.37 bits per heavy atom. The van der Waals surface area contributed by atoms with E-state index >= 15 is 0 Å². The second-order valence-electron chi connectivity index (χ2n) is 5.77. The molecule has 1 aromatic rings. The van der Waals surface area contributed by atoms with Gasteiger partial charge in [-0.15, -0.1) is 0 Å². The molecule has 0 amide bonds. The highest BCUT2D eigenvalue weighted by Gasteiger charge is 2.14. The predicted octanol–water partition coefficient (Wildman–Crippen LogP) is 4.31. The summed E-state index contributed by atoms with van der Waals surface area (Å²) in [6, 6.07) is 11.0. The molecule has 1 rings (SSSR count). The van der Waals surface area contributed by atoms with Gasteiger partial charge in [-0.05, 0) is 37.0 Å². The second-order valence-corrected chi connectivity index (χ2v) is 6.13. The van der Waals surface area contributed by atoms with Crippen LogP contribution < -0.4 is 5.32 Å². The van der Waals surface area contributed by atoms with Crippen molar-refractivity contribution in [3.05, 3.63) is 48.2 Å². The van der Waals surface area contributed by atoms with Gasteiger partial charge in [0, 0.05) is 17.7 Å². The van der Waals surface area contributed by atoms with E-state index in [0.29, 0.717) is 17.9 Å². The molecule has 0 aliphatic heterocycles. The lowest BCUT2D eigenvalue weighted by Gasteiger charge is -2.24.